The van der Waals surface area contributed by atoms with E-state index >= 15 is 0 Å². The molecule has 0 aliphatic carbocycles. The number of aliphatic imine (C=N–C) groups is 1. The van der Waals surface area contributed by atoms with Gasteiger partial charge in [-0.1, -0.05) is 12.1 Å². The van der Waals surface area contributed by atoms with E-state index in [-0.39, 0.29) is 5.69 Å². The van der Waals surface area contributed by atoms with Crippen LogP contribution < -0.4 is 4.90 Å². The van der Waals surface area contributed by atoms with Gasteiger partial charge in [0.2, 0.25) is 0 Å². The molecule has 1 fully saturated rings. The molecule has 2 aromatic rings. The summed E-state index contributed by atoms with van der Waals surface area (Å²) in [6.07, 6.45) is 5.49. The number of benzene rings is 2. The molecule has 0 aromatic heterocycles. The maximum atomic E-state index is 10.8. The molecule has 0 atom stereocenters. The van der Waals surface area contributed by atoms with Gasteiger partial charge >= 0.3 is 0 Å². The van der Waals surface area contributed by atoms with Gasteiger partial charge in [0.05, 0.1) is 10.6 Å². The molecule has 0 radical (unpaired) electrons. The Kier molecular flexibility index (Phi) is 4.66. The molecule has 0 unspecified atom stereocenters. The summed E-state index contributed by atoms with van der Waals surface area (Å²) in [5, 5.41) is 10.8. The lowest BCUT2D eigenvalue weighted by Crippen LogP contribution is -2.29. The number of nitro groups is 1. The van der Waals surface area contributed by atoms with Crippen molar-refractivity contribution in [2.24, 2.45) is 4.99 Å². The molecule has 5 nitrogen and oxygen atoms in total. The number of non-ortho nitro benzene ring substituents is 1. The SMILES string of the molecule is O=[N+]([O-])c1cccc(C=Nc2ccc(N3CCCCC3)cc2)c1. The average molecular weight is 309 g/mol. The fourth-order valence-electron chi connectivity index (χ4n) is 2.77. The highest BCUT2D eigenvalue weighted by Gasteiger charge is 2.10. The van der Waals surface area contributed by atoms with Crippen LogP contribution in [0.4, 0.5) is 17.1 Å². The van der Waals surface area contributed by atoms with Crippen LogP contribution in [-0.2, 0) is 0 Å². The predicted octanol–water partition coefficient (Wildman–Crippen LogP) is 4.34. The fourth-order valence-corrected chi connectivity index (χ4v) is 2.77. The molecule has 23 heavy (non-hydrogen) atoms. The van der Waals surface area contributed by atoms with Crippen molar-refractivity contribution in [3.8, 4) is 0 Å². The van der Waals surface area contributed by atoms with Crippen LogP contribution in [0.3, 0.4) is 0 Å². The minimum Gasteiger partial charge on any atom is -0.372 e. The standard InChI is InChI=1S/C18H19N3O2/c22-21(23)18-6-4-5-15(13-18)14-19-16-7-9-17(10-8-16)20-11-2-1-3-12-20/h4-10,13-14H,1-3,11-12H2. The normalized spacial score (nSPS) is 15.0. The van der Waals surface area contributed by atoms with Crippen LogP contribution in [-0.4, -0.2) is 24.2 Å². The lowest BCUT2D eigenvalue weighted by atomic mass is 10.1. The topological polar surface area (TPSA) is 58.7 Å². The van der Waals surface area contributed by atoms with Crippen LogP contribution in [0.1, 0.15) is 24.8 Å². The number of nitrogens with zero attached hydrogens (tertiary/aromatic N) is 3. The Bertz CT molecular complexity index is 704. The molecular weight excluding hydrogens is 290 g/mol. The summed E-state index contributed by atoms with van der Waals surface area (Å²) < 4.78 is 0. The Labute approximate surface area is 135 Å². The van der Waals surface area contributed by atoms with Crippen molar-refractivity contribution in [2.75, 3.05) is 18.0 Å². The van der Waals surface area contributed by atoms with Crippen molar-refractivity contribution in [3.05, 3.63) is 64.2 Å². The summed E-state index contributed by atoms with van der Waals surface area (Å²) in [5.74, 6) is 0. The smallest absolute Gasteiger partial charge is 0.270 e. The van der Waals surface area contributed by atoms with Crippen molar-refractivity contribution in [2.45, 2.75) is 19.3 Å². The first kappa shape index (κ1) is 15.2. The molecule has 0 amide bonds. The molecule has 2 aromatic carbocycles. The first-order chi connectivity index (χ1) is 11.2. The molecule has 3 rings (SSSR count). The van der Waals surface area contributed by atoms with Crippen molar-refractivity contribution >= 4 is 23.3 Å². The van der Waals surface area contributed by atoms with E-state index in [1.165, 1.54) is 37.1 Å². The van der Waals surface area contributed by atoms with Gasteiger partial charge in [-0.3, -0.25) is 15.1 Å². The number of rotatable bonds is 4. The summed E-state index contributed by atoms with van der Waals surface area (Å²) in [5.41, 5.74) is 2.88. The second-order valence-electron chi connectivity index (χ2n) is 5.67. The lowest BCUT2D eigenvalue weighted by Gasteiger charge is -2.28. The van der Waals surface area contributed by atoms with Gasteiger partial charge in [-0.05, 0) is 49.1 Å². The Morgan fingerprint density at radius 3 is 2.48 bits per heavy atom. The van der Waals surface area contributed by atoms with E-state index in [4.69, 9.17) is 0 Å². The van der Waals surface area contributed by atoms with E-state index in [1.54, 1.807) is 18.3 Å². The highest BCUT2D eigenvalue weighted by Crippen LogP contribution is 2.23. The number of hydrogen-bond acceptors (Lipinski definition) is 4. The molecule has 1 aliphatic rings. The highest BCUT2D eigenvalue weighted by molar-refractivity contribution is 5.83. The van der Waals surface area contributed by atoms with Gasteiger partial charge in [0.1, 0.15) is 0 Å². The molecule has 0 saturated carbocycles. The minimum atomic E-state index is -0.398. The van der Waals surface area contributed by atoms with Gasteiger partial charge in [0, 0.05) is 37.1 Å². The molecule has 0 N–H and O–H groups in total. The maximum absolute atomic E-state index is 10.8. The van der Waals surface area contributed by atoms with Crippen molar-refractivity contribution in [1.29, 1.82) is 0 Å². The van der Waals surface area contributed by atoms with Crippen molar-refractivity contribution < 1.29 is 4.92 Å². The molecule has 0 bridgehead atoms. The van der Waals surface area contributed by atoms with Crippen LogP contribution in [0.2, 0.25) is 0 Å². The molecule has 5 heteroatoms. The van der Waals surface area contributed by atoms with Crippen molar-refractivity contribution in [3.63, 3.8) is 0 Å². The van der Waals surface area contributed by atoms with E-state index in [2.05, 4.69) is 22.0 Å². The van der Waals surface area contributed by atoms with E-state index < -0.39 is 4.92 Å². The number of hydrogen-bond donors (Lipinski definition) is 0. The predicted molar refractivity (Wildman–Crippen MR) is 92.9 cm³/mol. The fraction of sp³-hybridized carbons (Fsp3) is 0.278. The van der Waals surface area contributed by atoms with Crippen LogP contribution in [0.15, 0.2) is 53.5 Å². The summed E-state index contributed by atoms with van der Waals surface area (Å²) in [4.78, 5) is 17.2. The Morgan fingerprint density at radius 2 is 1.78 bits per heavy atom. The summed E-state index contributed by atoms with van der Waals surface area (Å²) in [6, 6.07) is 14.6. The van der Waals surface area contributed by atoms with Crippen molar-refractivity contribution in [1.82, 2.24) is 0 Å². The third kappa shape index (κ3) is 3.94. The monoisotopic (exact) mass is 309 g/mol. The zero-order chi connectivity index (χ0) is 16.1. The number of nitro benzene ring substituents is 1. The third-order valence-corrected chi connectivity index (χ3v) is 4.01. The quantitative estimate of drug-likeness (QED) is 0.479. The zero-order valence-electron chi connectivity index (χ0n) is 12.9. The van der Waals surface area contributed by atoms with E-state index in [0.29, 0.717) is 0 Å². The second-order valence-corrected chi connectivity index (χ2v) is 5.67. The first-order valence-corrected chi connectivity index (χ1v) is 7.86. The summed E-state index contributed by atoms with van der Waals surface area (Å²) in [6.45, 7) is 2.24. The Hall–Kier alpha value is -2.69. The van der Waals surface area contributed by atoms with Gasteiger partial charge in [0.15, 0.2) is 0 Å². The van der Waals surface area contributed by atoms with Crippen LogP contribution in [0, 0.1) is 10.1 Å². The number of anilines is 1. The molecule has 1 saturated heterocycles. The molecule has 118 valence electrons. The van der Waals surface area contributed by atoms with Crippen LogP contribution in [0.25, 0.3) is 0 Å². The molecule has 1 aliphatic heterocycles. The summed E-state index contributed by atoms with van der Waals surface area (Å²) >= 11 is 0. The number of piperidine rings is 1. The molecule has 1 heterocycles. The van der Waals surface area contributed by atoms with Gasteiger partial charge in [-0.25, -0.2) is 0 Å². The average Bonchev–Trinajstić information content (AvgIpc) is 2.61. The van der Waals surface area contributed by atoms with Crippen LogP contribution in [0.5, 0.6) is 0 Å². The first-order valence-electron chi connectivity index (χ1n) is 7.86. The minimum absolute atomic E-state index is 0.0781. The second kappa shape index (κ2) is 7.05. The van der Waals surface area contributed by atoms with E-state index in [0.717, 1.165) is 24.3 Å². The van der Waals surface area contributed by atoms with Gasteiger partial charge in [0.25, 0.3) is 5.69 Å². The van der Waals surface area contributed by atoms with Gasteiger partial charge in [-0.15, -0.1) is 0 Å². The molecular formula is C18H19N3O2. The van der Waals surface area contributed by atoms with E-state index in [1.807, 2.05) is 12.1 Å². The van der Waals surface area contributed by atoms with Gasteiger partial charge < -0.3 is 4.90 Å². The third-order valence-electron chi connectivity index (χ3n) is 4.01. The lowest BCUT2D eigenvalue weighted by molar-refractivity contribution is -0.384. The Morgan fingerprint density at radius 1 is 1.04 bits per heavy atom. The van der Waals surface area contributed by atoms with Crippen LogP contribution >= 0.6 is 0 Å². The Balaban J connectivity index is 1.70. The summed E-state index contributed by atoms with van der Waals surface area (Å²) in [7, 11) is 0. The molecule has 0 spiro atoms. The largest absolute Gasteiger partial charge is 0.372 e. The zero-order valence-corrected chi connectivity index (χ0v) is 12.9. The highest BCUT2D eigenvalue weighted by atomic mass is 16.6. The maximum Gasteiger partial charge on any atom is 0.270 e. The van der Waals surface area contributed by atoms with E-state index in [9.17, 15) is 10.1 Å². The van der Waals surface area contributed by atoms with Gasteiger partial charge in [-0.2, -0.15) is 0 Å².